The summed E-state index contributed by atoms with van der Waals surface area (Å²) in [5.41, 5.74) is 2.81. The number of nitrogens with one attached hydrogen (secondary N) is 1. The Balaban J connectivity index is 2.32. The summed E-state index contributed by atoms with van der Waals surface area (Å²) in [6.07, 6.45) is 3.44. The predicted molar refractivity (Wildman–Crippen MR) is 85.7 cm³/mol. The van der Waals surface area contributed by atoms with Crippen LogP contribution < -0.4 is 5.32 Å². The van der Waals surface area contributed by atoms with E-state index in [0.717, 1.165) is 36.6 Å². The van der Waals surface area contributed by atoms with Gasteiger partial charge >= 0.3 is 0 Å². The summed E-state index contributed by atoms with van der Waals surface area (Å²) >= 11 is 0. The average molecular weight is 279 g/mol. The van der Waals surface area contributed by atoms with Gasteiger partial charge in [0.2, 0.25) is 0 Å². The van der Waals surface area contributed by atoms with Gasteiger partial charge in [0.15, 0.2) is 0 Å². The zero-order valence-electron chi connectivity index (χ0n) is 13.7. The maximum atomic E-state index is 13.6. The van der Waals surface area contributed by atoms with E-state index in [1.807, 2.05) is 26.0 Å². The summed E-state index contributed by atoms with van der Waals surface area (Å²) in [6.45, 7) is 12.7. The molecule has 1 aromatic rings. The Kier molecular flexibility index (Phi) is 7.22. The van der Waals surface area contributed by atoms with Crippen LogP contribution in [0.1, 0.15) is 50.3 Å². The van der Waals surface area contributed by atoms with Gasteiger partial charge in [-0.3, -0.25) is 0 Å². The summed E-state index contributed by atoms with van der Waals surface area (Å²) in [6, 6.07) is 3.98. The molecular weight excluding hydrogens is 249 g/mol. The van der Waals surface area contributed by atoms with Crippen LogP contribution in [-0.4, -0.2) is 13.1 Å². The van der Waals surface area contributed by atoms with Crippen molar-refractivity contribution in [2.24, 2.45) is 11.8 Å². The van der Waals surface area contributed by atoms with Crippen LogP contribution in [0, 0.1) is 31.5 Å². The molecular formula is C18H30FN. The molecule has 0 saturated heterocycles. The first kappa shape index (κ1) is 17.2. The van der Waals surface area contributed by atoms with E-state index in [0.29, 0.717) is 5.92 Å². The fourth-order valence-electron chi connectivity index (χ4n) is 2.48. The van der Waals surface area contributed by atoms with Gasteiger partial charge in [-0.25, -0.2) is 4.39 Å². The fourth-order valence-corrected chi connectivity index (χ4v) is 2.48. The highest BCUT2D eigenvalue weighted by Gasteiger charge is 2.07. The molecule has 0 aliphatic rings. The minimum atomic E-state index is -0.0558. The molecule has 0 radical (unpaired) electrons. The van der Waals surface area contributed by atoms with E-state index < -0.39 is 0 Å². The number of halogens is 1. The molecule has 1 rings (SSSR count). The van der Waals surface area contributed by atoms with Crippen molar-refractivity contribution in [3.05, 3.63) is 34.6 Å². The van der Waals surface area contributed by atoms with Gasteiger partial charge in [0.25, 0.3) is 0 Å². The molecule has 0 heterocycles. The monoisotopic (exact) mass is 279 g/mol. The van der Waals surface area contributed by atoms with Gasteiger partial charge in [0.05, 0.1) is 0 Å². The lowest BCUT2D eigenvalue weighted by molar-refractivity contribution is 0.454. The third kappa shape index (κ3) is 6.04. The largest absolute Gasteiger partial charge is 0.316 e. The zero-order valence-corrected chi connectivity index (χ0v) is 13.7. The van der Waals surface area contributed by atoms with Crippen molar-refractivity contribution in [3.8, 4) is 0 Å². The molecule has 0 aliphatic heterocycles. The highest BCUT2D eigenvalue weighted by molar-refractivity contribution is 5.30. The van der Waals surface area contributed by atoms with Crippen LogP contribution in [0.3, 0.4) is 0 Å². The lowest BCUT2D eigenvalue weighted by Gasteiger charge is -2.14. The Morgan fingerprint density at radius 1 is 1.05 bits per heavy atom. The summed E-state index contributed by atoms with van der Waals surface area (Å²) in [5.74, 6) is 1.37. The van der Waals surface area contributed by atoms with E-state index in [2.05, 4.69) is 26.1 Å². The minimum absolute atomic E-state index is 0.0558. The number of benzene rings is 1. The zero-order chi connectivity index (χ0) is 15.1. The highest BCUT2D eigenvalue weighted by Crippen LogP contribution is 2.18. The Morgan fingerprint density at radius 3 is 2.20 bits per heavy atom. The lowest BCUT2D eigenvalue weighted by Crippen LogP contribution is -2.22. The maximum Gasteiger partial charge on any atom is 0.129 e. The van der Waals surface area contributed by atoms with Gasteiger partial charge in [-0.05, 0) is 74.7 Å². The fraction of sp³-hybridized carbons (Fsp3) is 0.667. The van der Waals surface area contributed by atoms with Crippen molar-refractivity contribution in [2.45, 2.75) is 53.9 Å². The molecule has 0 amide bonds. The second-order valence-electron chi connectivity index (χ2n) is 6.57. The molecule has 0 bridgehead atoms. The first-order chi connectivity index (χ1) is 9.40. The van der Waals surface area contributed by atoms with Gasteiger partial charge in [-0.2, -0.15) is 0 Å². The van der Waals surface area contributed by atoms with Crippen LogP contribution in [0.25, 0.3) is 0 Å². The van der Waals surface area contributed by atoms with Crippen molar-refractivity contribution in [1.82, 2.24) is 5.32 Å². The summed E-state index contributed by atoms with van der Waals surface area (Å²) < 4.78 is 13.6. The standard InChI is InChI=1S/C18H30FN/c1-13(2)12-20-9-8-14(3)6-7-17-10-15(4)18(19)16(5)11-17/h10-11,13-14,20H,6-9,12H2,1-5H3. The predicted octanol–water partition coefficient (Wildman–Crippen LogP) is 4.65. The van der Waals surface area contributed by atoms with E-state index in [1.165, 1.54) is 18.4 Å². The first-order valence-electron chi connectivity index (χ1n) is 7.86. The van der Waals surface area contributed by atoms with E-state index >= 15 is 0 Å². The molecule has 20 heavy (non-hydrogen) atoms. The van der Waals surface area contributed by atoms with Gasteiger partial charge in [-0.15, -0.1) is 0 Å². The van der Waals surface area contributed by atoms with E-state index in [4.69, 9.17) is 0 Å². The third-order valence-electron chi connectivity index (χ3n) is 3.79. The molecule has 0 aromatic heterocycles. The van der Waals surface area contributed by atoms with Crippen molar-refractivity contribution < 1.29 is 4.39 Å². The topological polar surface area (TPSA) is 12.0 Å². The maximum absolute atomic E-state index is 13.6. The Labute approximate surface area is 124 Å². The van der Waals surface area contributed by atoms with Crippen molar-refractivity contribution in [2.75, 3.05) is 13.1 Å². The number of rotatable bonds is 8. The van der Waals surface area contributed by atoms with E-state index in [1.54, 1.807) is 0 Å². The number of aryl methyl sites for hydroxylation is 3. The smallest absolute Gasteiger partial charge is 0.129 e. The Hall–Kier alpha value is -0.890. The van der Waals surface area contributed by atoms with Crippen LogP contribution in [0.2, 0.25) is 0 Å². The van der Waals surface area contributed by atoms with E-state index in [9.17, 15) is 4.39 Å². The molecule has 1 N–H and O–H groups in total. The molecule has 2 heteroatoms. The Morgan fingerprint density at radius 2 is 1.65 bits per heavy atom. The summed E-state index contributed by atoms with van der Waals surface area (Å²) in [7, 11) is 0. The number of hydrogen-bond donors (Lipinski definition) is 1. The van der Waals surface area contributed by atoms with Crippen LogP contribution >= 0.6 is 0 Å². The van der Waals surface area contributed by atoms with Crippen LogP contribution in [0.5, 0.6) is 0 Å². The summed E-state index contributed by atoms with van der Waals surface area (Å²) in [5, 5.41) is 3.49. The first-order valence-corrected chi connectivity index (χ1v) is 7.86. The van der Waals surface area contributed by atoms with Gasteiger partial charge < -0.3 is 5.32 Å². The molecule has 114 valence electrons. The van der Waals surface area contributed by atoms with Crippen molar-refractivity contribution in [3.63, 3.8) is 0 Å². The second kappa shape index (κ2) is 8.41. The lowest BCUT2D eigenvalue weighted by atomic mass is 9.96. The summed E-state index contributed by atoms with van der Waals surface area (Å²) in [4.78, 5) is 0. The molecule has 1 atom stereocenters. The van der Waals surface area contributed by atoms with Gasteiger partial charge in [0, 0.05) is 0 Å². The SMILES string of the molecule is Cc1cc(CCC(C)CCNCC(C)C)cc(C)c1F. The highest BCUT2D eigenvalue weighted by atomic mass is 19.1. The van der Waals surface area contributed by atoms with Crippen LogP contribution in [0.4, 0.5) is 4.39 Å². The van der Waals surface area contributed by atoms with E-state index in [-0.39, 0.29) is 5.82 Å². The molecule has 1 unspecified atom stereocenters. The molecule has 0 saturated carbocycles. The van der Waals surface area contributed by atoms with Crippen molar-refractivity contribution >= 4 is 0 Å². The molecule has 1 aromatic carbocycles. The van der Waals surface area contributed by atoms with Gasteiger partial charge in [-0.1, -0.05) is 32.9 Å². The third-order valence-corrected chi connectivity index (χ3v) is 3.79. The molecule has 0 aliphatic carbocycles. The number of hydrogen-bond acceptors (Lipinski definition) is 1. The van der Waals surface area contributed by atoms with Crippen molar-refractivity contribution in [1.29, 1.82) is 0 Å². The molecule has 0 fully saturated rings. The second-order valence-corrected chi connectivity index (χ2v) is 6.57. The minimum Gasteiger partial charge on any atom is -0.316 e. The van der Waals surface area contributed by atoms with Crippen LogP contribution in [0.15, 0.2) is 12.1 Å². The molecule has 0 spiro atoms. The average Bonchev–Trinajstić information content (AvgIpc) is 2.38. The van der Waals surface area contributed by atoms with Gasteiger partial charge in [0.1, 0.15) is 5.82 Å². The van der Waals surface area contributed by atoms with Crippen LogP contribution in [-0.2, 0) is 6.42 Å². The molecule has 1 nitrogen and oxygen atoms in total. The quantitative estimate of drug-likeness (QED) is 0.683. The Bertz CT molecular complexity index is 389. The normalized spacial score (nSPS) is 12.9.